The molecular weight excluding hydrogens is 585 g/mol. The molecule has 0 spiro atoms. The second-order valence-corrected chi connectivity index (χ2v) is 10.8. The number of pyridine rings is 1. The fourth-order valence-corrected chi connectivity index (χ4v) is 6.71. The molecule has 0 fully saturated rings. The molecule has 1 aliphatic rings. The van der Waals surface area contributed by atoms with Crippen LogP contribution in [0.25, 0.3) is 11.1 Å². The van der Waals surface area contributed by atoms with Crippen molar-refractivity contribution in [1.29, 1.82) is 0 Å². The molecule has 4 nitrogen and oxygen atoms in total. The SMILES string of the molecule is Cc1c(Cc2c(F)cccc2C(F)(F)F)c2n(c(=O)c1-c1cccc(OC(F)(F)F)c1)[C@@H](C(N)c1ccccc1)CS2. The van der Waals surface area contributed by atoms with Gasteiger partial charge in [0, 0.05) is 17.7 Å². The van der Waals surface area contributed by atoms with Crippen molar-refractivity contribution in [1.82, 2.24) is 4.57 Å². The average Bonchev–Trinajstić information content (AvgIpc) is 3.36. The molecule has 2 atom stereocenters. The third kappa shape index (κ3) is 5.78. The van der Waals surface area contributed by atoms with Crippen LogP contribution in [-0.2, 0) is 12.6 Å². The summed E-state index contributed by atoms with van der Waals surface area (Å²) in [5, 5.41) is 0.330. The summed E-state index contributed by atoms with van der Waals surface area (Å²) in [6.45, 7) is 1.49. The third-order valence-corrected chi connectivity index (χ3v) is 8.42. The van der Waals surface area contributed by atoms with Crippen LogP contribution >= 0.6 is 11.8 Å². The Hall–Kier alpha value is -3.77. The van der Waals surface area contributed by atoms with E-state index in [4.69, 9.17) is 5.73 Å². The lowest BCUT2D eigenvalue weighted by atomic mass is 9.92. The molecule has 12 heteroatoms. The van der Waals surface area contributed by atoms with Gasteiger partial charge in [0.15, 0.2) is 0 Å². The quantitative estimate of drug-likeness (QED) is 0.227. The highest BCUT2D eigenvalue weighted by molar-refractivity contribution is 7.99. The van der Waals surface area contributed by atoms with Gasteiger partial charge in [-0.1, -0.05) is 48.5 Å². The van der Waals surface area contributed by atoms with E-state index in [9.17, 15) is 35.5 Å². The highest BCUT2D eigenvalue weighted by Gasteiger charge is 2.38. The smallest absolute Gasteiger partial charge is 0.406 e. The molecule has 2 N–H and O–H groups in total. The summed E-state index contributed by atoms with van der Waals surface area (Å²) in [5.74, 6) is -1.36. The molecule has 0 amide bonds. The first-order valence-corrected chi connectivity index (χ1v) is 13.7. The van der Waals surface area contributed by atoms with Crippen LogP contribution in [-0.4, -0.2) is 16.7 Å². The Morgan fingerprint density at radius 3 is 2.33 bits per heavy atom. The third-order valence-electron chi connectivity index (χ3n) is 7.19. The number of benzene rings is 3. The molecule has 1 unspecified atom stereocenters. The van der Waals surface area contributed by atoms with Gasteiger partial charge in [-0.3, -0.25) is 9.36 Å². The number of hydrogen-bond acceptors (Lipinski definition) is 4. The number of nitrogens with zero attached hydrogens (tertiary/aromatic N) is 1. The minimum atomic E-state index is -4.99. The summed E-state index contributed by atoms with van der Waals surface area (Å²) in [6, 6.07) is 15.0. The second kappa shape index (κ2) is 11.1. The van der Waals surface area contributed by atoms with Gasteiger partial charge in [0.05, 0.1) is 28.2 Å². The Morgan fingerprint density at radius 1 is 0.976 bits per heavy atom. The molecule has 4 aromatic rings. The largest absolute Gasteiger partial charge is 0.573 e. The van der Waals surface area contributed by atoms with E-state index in [-0.39, 0.29) is 22.3 Å². The van der Waals surface area contributed by atoms with E-state index in [2.05, 4.69) is 4.74 Å². The summed E-state index contributed by atoms with van der Waals surface area (Å²) in [6.07, 6.45) is -10.4. The van der Waals surface area contributed by atoms with Crippen LogP contribution in [0.15, 0.2) is 82.6 Å². The average molecular weight is 609 g/mol. The number of rotatable bonds is 6. The molecule has 1 aliphatic heterocycles. The Balaban J connectivity index is 1.75. The first kappa shape index (κ1) is 29.7. The van der Waals surface area contributed by atoms with Gasteiger partial charge in [0.1, 0.15) is 11.6 Å². The van der Waals surface area contributed by atoms with E-state index in [1.54, 1.807) is 30.3 Å². The zero-order valence-corrected chi connectivity index (χ0v) is 22.7. The van der Waals surface area contributed by atoms with E-state index in [1.165, 1.54) is 35.4 Å². The van der Waals surface area contributed by atoms with Gasteiger partial charge < -0.3 is 10.5 Å². The van der Waals surface area contributed by atoms with Gasteiger partial charge >= 0.3 is 12.5 Å². The number of alkyl halides is 6. The number of aromatic nitrogens is 1. The van der Waals surface area contributed by atoms with Crippen LogP contribution in [0.4, 0.5) is 30.7 Å². The topological polar surface area (TPSA) is 57.2 Å². The number of halogens is 7. The van der Waals surface area contributed by atoms with Crippen molar-refractivity contribution in [3.05, 3.63) is 117 Å². The lowest BCUT2D eigenvalue weighted by Crippen LogP contribution is -2.33. The second-order valence-electron chi connectivity index (χ2n) is 9.79. The molecule has 0 aliphatic carbocycles. The van der Waals surface area contributed by atoms with Crippen LogP contribution < -0.4 is 16.0 Å². The molecule has 5 rings (SSSR count). The lowest BCUT2D eigenvalue weighted by Gasteiger charge is -2.25. The van der Waals surface area contributed by atoms with Crippen molar-refractivity contribution in [2.24, 2.45) is 5.73 Å². The first-order chi connectivity index (χ1) is 19.8. The van der Waals surface area contributed by atoms with Gasteiger partial charge in [-0.15, -0.1) is 24.9 Å². The fourth-order valence-electron chi connectivity index (χ4n) is 5.27. The summed E-state index contributed by atoms with van der Waals surface area (Å²) < 4.78 is 101. The zero-order valence-electron chi connectivity index (χ0n) is 21.9. The number of fused-ring (bicyclic) bond motifs is 1. The van der Waals surface area contributed by atoms with Crippen molar-refractivity contribution in [2.45, 2.75) is 43.0 Å². The molecule has 0 saturated heterocycles. The van der Waals surface area contributed by atoms with Crippen molar-refractivity contribution >= 4 is 11.8 Å². The molecular formula is C30H23F7N2O2S. The minimum Gasteiger partial charge on any atom is -0.406 e. The van der Waals surface area contributed by atoms with Gasteiger partial charge in [-0.05, 0) is 53.4 Å². The van der Waals surface area contributed by atoms with Crippen molar-refractivity contribution < 1.29 is 35.5 Å². The maximum Gasteiger partial charge on any atom is 0.573 e. The summed E-state index contributed by atoms with van der Waals surface area (Å²) >= 11 is 1.21. The molecule has 220 valence electrons. The summed E-state index contributed by atoms with van der Waals surface area (Å²) in [5.41, 5.74) is 5.43. The molecule has 3 aromatic carbocycles. The van der Waals surface area contributed by atoms with Gasteiger partial charge in [-0.25, -0.2) is 4.39 Å². The number of thioether (sulfide) groups is 1. The van der Waals surface area contributed by atoms with Crippen LogP contribution in [0, 0.1) is 12.7 Å². The molecule has 42 heavy (non-hydrogen) atoms. The summed E-state index contributed by atoms with van der Waals surface area (Å²) in [7, 11) is 0. The lowest BCUT2D eigenvalue weighted by molar-refractivity contribution is -0.274. The molecule has 2 heterocycles. The van der Waals surface area contributed by atoms with E-state index in [0.717, 1.165) is 30.3 Å². The Kier molecular flexibility index (Phi) is 7.88. The van der Waals surface area contributed by atoms with Crippen molar-refractivity contribution in [3.8, 4) is 16.9 Å². The van der Waals surface area contributed by atoms with Crippen molar-refractivity contribution in [2.75, 3.05) is 5.75 Å². The predicted molar refractivity (Wildman–Crippen MR) is 145 cm³/mol. The van der Waals surface area contributed by atoms with Crippen LogP contribution in [0.2, 0.25) is 0 Å². The number of ether oxygens (including phenoxy) is 1. The molecule has 1 aromatic heterocycles. The monoisotopic (exact) mass is 608 g/mol. The van der Waals surface area contributed by atoms with E-state index < -0.39 is 59.3 Å². The first-order valence-electron chi connectivity index (χ1n) is 12.7. The van der Waals surface area contributed by atoms with Crippen molar-refractivity contribution in [3.63, 3.8) is 0 Å². The van der Waals surface area contributed by atoms with Crippen LogP contribution in [0.5, 0.6) is 5.75 Å². The Morgan fingerprint density at radius 2 is 1.67 bits per heavy atom. The van der Waals surface area contributed by atoms with Crippen LogP contribution in [0.1, 0.15) is 39.9 Å². The maximum atomic E-state index is 15.0. The Labute approximate surface area is 239 Å². The predicted octanol–water partition coefficient (Wildman–Crippen LogP) is 7.82. The fraction of sp³-hybridized carbons (Fsp3) is 0.233. The van der Waals surface area contributed by atoms with Gasteiger partial charge in [-0.2, -0.15) is 13.2 Å². The normalized spacial score (nSPS) is 15.9. The highest BCUT2D eigenvalue weighted by Crippen LogP contribution is 2.44. The number of hydrogen-bond donors (Lipinski definition) is 1. The maximum absolute atomic E-state index is 15.0. The minimum absolute atomic E-state index is 0.0426. The van der Waals surface area contributed by atoms with Gasteiger partial charge in [0.25, 0.3) is 5.56 Å². The molecule has 0 radical (unpaired) electrons. The molecule has 0 bridgehead atoms. The standard InChI is InChI=1S/C30H23F7N2O2S/c1-16-20(14-21-22(29(32,33)34)11-6-12-23(21)31)28-39(24(15-42-28)26(38)17-7-3-2-4-8-17)27(40)25(16)18-9-5-10-19(13-18)41-30(35,36)37/h2-13,24,26H,14-15,38H2,1H3/t24-,26?/m1/s1. The zero-order chi connectivity index (χ0) is 30.4. The van der Waals surface area contributed by atoms with E-state index in [0.29, 0.717) is 16.3 Å². The summed E-state index contributed by atoms with van der Waals surface area (Å²) in [4.78, 5) is 14.1. The Bertz CT molecular complexity index is 1680. The van der Waals surface area contributed by atoms with E-state index >= 15 is 0 Å². The number of nitrogens with two attached hydrogens (primary N) is 1. The van der Waals surface area contributed by atoms with Crippen LogP contribution in [0.3, 0.4) is 0 Å². The molecule has 0 saturated carbocycles. The van der Waals surface area contributed by atoms with E-state index in [1.807, 2.05) is 0 Å². The highest BCUT2D eigenvalue weighted by atomic mass is 32.2. The van der Waals surface area contributed by atoms with Gasteiger partial charge in [0.2, 0.25) is 0 Å².